The molecule has 3 N–H and O–H groups in total. The van der Waals surface area contributed by atoms with Gasteiger partial charge in [0.25, 0.3) is 0 Å². The van der Waals surface area contributed by atoms with Crippen LogP contribution < -0.4 is 5.32 Å². The summed E-state index contributed by atoms with van der Waals surface area (Å²) in [6.07, 6.45) is 7.39. The van der Waals surface area contributed by atoms with Crippen molar-refractivity contribution in [2.24, 2.45) is 5.92 Å². The first-order chi connectivity index (χ1) is 16.3. The van der Waals surface area contributed by atoms with Gasteiger partial charge in [-0.3, -0.25) is 0 Å². The maximum absolute atomic E-state index is 8.39. The summed E-state index contributed by atoms with van der Waals surface area (Å²) >= 11 is 0. The van der Waals surface area contributed by atoms with Crippen LogP contribution in [0.2, 0.25) is 0 Å². The summed E-state index contributed by atoms with van der Waals surface area (Å²) in [5.74, 6) is 1.48. The lowest BCUT2D eigenvalue weighted by Crippen LogP contribution is -2.14. The molecule has 6 nitrogen and oxygen atoms in total. The van der Waals surface area contributed by atoms with Crippen molar-refractivity contribution < 1.29 is 5.11 Å². The van der Waals surface area contributed by atoms with Crippen molar-refractivity contribution in [1.82, 2.24) is 19.9 Å². The van der Waals surface area contributed by atoms with E-state index >= 15 is 0 Å². The third-order valence-electron chi connectivity index (χ3n) is 6.26. The molecule has 0 aliphatic heterocycles. The van der Waals surface area contributed by atoms with Gasteiger partial charge in [0.05, 0.1) is 16.6 Å². The van der Waals surface area contributed by atoms with E-state index in [0.29, 0.717) is 12.5 Å². The van der Waals surface area contributed by atoms with Crippen LogP contribution in [0.25, 0.3) is 44.3 Å². The molecule has 0 spiro atoms. The van der Waals surface area contributed by atoms with Crippen LogP contribution in [0.1, 0.15) is 19.3 Å². The third-order valence-corrected chi connectivity index (χ3v) is 6.26. The van der Waals surface area contributed by atoms with Crippen LogP contribution in [0.4, 0.5) is 5.82 Å². The van der Waals surface area contributed by atoms with Gasteiger partial charge in [0.1, 0.15) is 17.8 Å². The minimum Gasteiger partial charge on any atom is -0.396 e. The molecule has 1 aliphatic carbocycles. The lowest BCUT2D eigenvalue weighted by molar-refractivity contribution is 0.163. The number of nitrogens with zero attached hydrogens (tertiary/aromatic N) is 3. The Bertz CT molecular complexity index is 1370. The highest BCUT2D eigenvalue weighted by molar-refractivity contribution is 6.02. The number of anilines is 1. The lowest BCUT2D eigenvalue weighted by Gasteiger charge is -2.21. The number of hydrogen-bond acceptors (Lipinski definition) is 5. The predicted molar refractivity (Wildman–Crippen MR) is 134 cm³/mol. The molecule has 6 rings (SSSR count). The van der Waals surface area contributed by atoms with Crippen molar-refractivity contribution in [3.8, 4) is 22.4 Å². The molecule has 0 radical (unpaired) electrons. The van der Waals surface area contributed by atoms with E-state index in [0.717, 1.165) is 50.1 Å². The minimum atomic E-state index is 0.417. The number of rotatable bonds is 4. The van der Waals surface area contributed by atoms with E-state index in [4.69, 9.17) is 10.1 Å². The van der Waals surface area contributed by atoms with E-state index in [1.54, 1.807) is 6.33 Å². The quantitative estimate of drug-likeness (QED) is 0.338. The molecule has 0 saturated heterocycles. The number of hydrogen-bond donors (Lipinski definition) is 3. The highest BCUT2D eigenvalue weighted by atomic mass is 16.3. The fourth-order valence-corrected chi connectivity index (χ4v) is 4.11. The van der Waals surface area contributed by atoms with Crippen LogP contribution in [0.3, 0.4) is 0 Å². The van der Waals surface area contributed by atoms with Gasteiger partial charge in [-0.05, 0) is 36.5 Å². The Labute approximate surface area is 192 Å². The molecule has 2 aromatic carbocycles. The number of H-pyrrole nitrogens is 1. The molecule has 0 bridgehead atoms. The summed E-state index contributed by atoms with van der Waals surface area (Å²) in [6.45, 7) is 0.417. The van der Waals surface area contributed by atoms with E-state index in [9.17, 15) is 0 Å². The summed E-state index contributed by atoms with van der Waals surface area (Å²) in [6, 6.07) is 20.8. The molecule has 5 aromatic rings. The van der Waals surface area contributed by atoms with Crippen molar-refractivity contribution in [3.63, 3.8) is 0 Å². The second kappa shape index (κ2) is 9.38. The first-order valence-electron chi connectivity index (χ1n) is 11.3. The normalized spacial score (nSPS) is 13.4. The number of aromatic amines is 1. The largest absolute Gasteiger partial charge is 0.396 e. The Morgan fingerprint density at radius 2 is 1.82 bits per heavy atom. The van der Waals surface area contributed by atoms with Gasteiger partial charge in [0.15, 0.2) is 0 Å². The fourth-order valence-electron chi connectivity index (χ4n) is 4.11. The number of aliphatic hydroxyl groups is 1. The topological polar surface area (TPSA) is 86.7 Å². The Kier molecular flexibility index (Phi) is 6.00. The number of nitrogens with one attached hydrogen (secondary N) is 2. The fraction of sp³-hybridized carbons (Fsp3) is 0.222. The van der Waals surface area contributed by atoms with Gasteiger partial charge >= 0.3 is 0 Å². The zero-order valence-electron chi connectivity index (χ0n) is 18.6. The highest BCUT2D eigenvalue weighted by Crippen LogP contribution is 2.33. The van der Waals surface area contributed by atoms with Crippen LogP contribution in [-0.2, 0) is 0 Å². The lowest BCUT2D eigenvalue weighted by atomic mass is 9.86. The van der Waals surface area contributed by atoms with Crippen molar-refractivity contribution in [2.45, 2.75) is 19.3 Å². The monoisotopic (exact) mass is 437 g/mol. The van der Waals surface area contributed by atoms with Crippen LogP contribution >= 0.6 is 0 Å². The number of aromatic nitrogens is 4. The maximum Gasteiger partial charge on any atom is 0.143 e. The Hall–Kier alpha value is -3.77. The molecule has 3 aromatic heterocycles. The summed E-state index contributed by atoms with van der Waals surface area (Å²) in [5, 5.41) is 13.6. The van der Waals surface area contributed by atoms with Crippen LogP contribution in [-0.4, -0.2) is 38.7 Å². The molecule has 33 heavy (non-hydrogen) atoms. The molecular formula is C27H27N5O. The Balaban J connectivity index is 0.000000332. The number of fused-ring (bicyclic) bond motifs is 2. The zero-order valence-corrected chi connectivity index (χ0v) is 18.6. The molecule has 0 amide bonds. The van der Waals surface area contributed by atoms with E-state index < -0.39 is 0 Å². The SMILES string of the molecule is CNc1ncnc2[nH]cc(-c3ccc4ccc(-c5ccccc5)nc4c3)c12.OCC1CCC1. The summed E-state index contributed by atoms with van der Waals surface area (Å²) in [5.41, 5.74) is 6.00. The minimum absolute atomic E-state index is 0.417. The van der Waals surface area contributed by atoms with E-state index in [1.165, 1.54) is 19.3 Å². The number of benzene rings is 2. The van der Waals surface area contributed by atoms with Crippen LogP contribution in [0.5, 0.6) is 0 Å². The summed E-state index contributed by atoms with van der Waals surface area (Å²) < 4.78 is 0. The summed E-state index contributed by atoms with van der Waals surface area (Å²) in [4.78, 5) is 16.8. The summed E-state index contributed by atoms with van der Waals surface area (Å²) in [7, 11) is 1.87. The standard InChI is InChI=1S/C22H17N5.C5H10O/c1-23-21-20-17(12-24-22(20)26-13-25-21)16-8-7-15-9-10-18(27-19(15)11-16)14-5-3-2-4-6-14;6-4-5-2-1-3-5/h2-13H,1H3,(H2,23,24,25,26);5-6H,1-4H2. The van der Waals surface area contributed by atoms with Crippen molar-refractivity contribution in [3.05, 3.63) is 73.2 Å². The van der Waals surface area contributed by atoms with Gasteiger partial charge in [0, 0.05) is 36.4 Å². The molecule has 3 heterocycles. The van der Waals surface area contributed by atoms with Crippen molar-refractivity contribution in [1.29, 1.82) is 0 Å². The van der Waals surface area contributed by atoms with Gasteiger partial charge in [-0.25, -0.2) is 15.0 Å². The van der Waals surface area contributed by atoms with Gasteiger partial charge in [0.2, 0.25) is 0 Å². The van der Waals surface area contributed by atoms with E-state index in [2.05, 4.69) is 62.7 Å². The van der Waals surface area contributed by atoms with Gasteiger partial charge in [-0.1, -0.05) is 55.0 Å². The van der Waals surface area contributed by atoms with Crippen molar-refractivity contribution in [2.75, 3.05) is 19.0 Å². The molecule has 0 atom stereocenters. The second-order valence-corrected chi connectivity index (χ2v) is 8.35. The first-order valence-corrected chi connectivity index (χ1v) is 11.3. The molecule has 6 heteroatoms. The van der Waals surface area contributed by atoms with Crippen LogP contribution in [0.15, 0.2) is 73.2 Å². The van der Waals surface area contributed by atoms with E-state index in [1.807, 2.05) is 31.4 Å². The third kappa shape index (κ3) is 4.30. The number of pyridine rings is 1. The Morgan fingerprint density at radius 3 is 2.52 bits per heavy atom. The van der Waals surface area contributed by atoms with Gasteiger partial charge < -0.3 is 15.4 Å². The highest BCUT2D eigenvalue weighted by Gasteiger charge is 2.15. The van der Waals surface area contributed by atoms with E-state index in [-0.39, 0.29) is 0 Å². The van der Waals surface area contributed by atoms with Crippen molar-refractivity contribution >= 4 is 27.8 Å². The smallest absolute Gasteiger partial charge is 0.143 e. The average molecular weight is 438 g/mol. The molecule has 166 valence electrons. The molecule has 1 saturated carbocycles. The number of aliphatic hydroxyl groups excluding tert-OH is 1. The zero-order chi connectivity index (χ0) is 22.6. The molecular weight excluding hydrogens is 410 g/mol. The second-order valence-electron chi connectivity index (χ2n) is 8.35. The first kappa shape index (κ1) is 21.1. The molecule has 0 unspecified atom stereocenters. The average Bonchev–Trinajstić information content (AvgIpc) is 3.28. The van der Waals surface area contributed by atoms with Gasteiger partial charge in [-0.15, -0.1) is 0 Å². The maximum atomic E-state index is 8.39. The van der Waals surface area contributed by atoms with Gasteiger partial charge in [-0.2, -0.15) is 0 Å². The van der Waals surface area contributed by atoms with Crippen LogP contribution in [0, 0.1) is 5.92 Å². The molecule has 1 fully saturated rings. The predicted octanol–water partition coefficient (Wildman–Crippen LogP) is 5.66. The molecule has 1 aliphatic rings. The Morgan fingerprint density at radius 1 is 1.00 bits per heavy atom.